The van der Waals surface area contributed by atoms with Crippen molar-refractivity contribution in [3.63, 3.8) is 0 Å². The highest BCUT2D eigenvalue weighted by Crippen LogP contribution is 2.24. The Bertz CT molecular complexity index is 550. The fraction of sp³-hybridized carbons (Fsp3) is 0.500. The van der Waals surface area contributed by atoms with E-state index in [1.54, 1.807) is 0 Å². The second-order valence-electron chi connectivity index (χ2n) is 5.13. The summed E-state index contributed by atoms with van der Waals surface area (Å²) in [4.78, 5) is 24.0. The van der Waals surface area contributed by atoms with Crippen molar-refractivity contribution in [3.05, 3.63) is 39.7 Å². The lowest BCUT2D eigenvalue weighted by Gasteiger charge is -2.31. The van der Waals surface area contributed by atoms with Crippen molar-refractivity contribution in [3.8, 4) is 0 Å². The number of carbonyl (C=O) groups excluding carboxylic acids is 1. The molecule has 0 amide bonds. The molecule has 7 heteroatoms. The van der Waals surface area contributed by atoms with Gasteiger partial charge in [0.25, 0.3) is 5.69 Å². The lowest BCUT2D eigenvalue weighted by Crippen LogP contribution is -2.38. The van der Waals surface area contributed by atoms with Crippen molar-refractivity contribution in [2.75, 3.05) is 20.2 Å². The lowest BCUT2D eigenvalue weighted by atomic mass is 9.97. The van der Waals surface area contributed by atoms with Gasteiger partial charge in [0.1, 0.15) is 5.82 Å². The van der Waals surface area contributed by atoms with Crippen LogP contribution in [0.3, 0.4) is 0 Å². The molecular formula is C14H17FN2O4. The zero-order chi connectivity index (χ0) is 15.4. The molecule has 0 bridgehead atoms. The minimum Gasteiger partial charge on any atom is -0.469 e. The summed E-state index contributed by atoms with van der Waals surface area (Å²) in [7, 11) is 1.35. The van der Waals surface area contributed by atoms with Crippen molar-refractivity contribution in [1.82, 2.24) is 4.90 Å². The average Bonchev–Trinajstić information content (AvgIpc) is 2.46. The molecule has 1 atom stereocenters. The van der Waals surface area contributed by atoms with Crippen molar-refractivity contribution in [2.24, 2.45) is 5.92 Å². The molecule has 1 aromatic rings. The Labute approximate surface area is 121 Å². The maximum atomic E-state index is 13.3. The Balaban J connectivity index is 2.12. The molecule has 1 aliphatic heterocycles. The second kappa shape index (κ2) is 6.62. The van der Waals surface area contributed by atoms with Gasteiger partial charge in [-0.1, -0.05) is 0 Å². The monoisotopic (exact) mass is 296 g/mol. The first-order valence-electron chi connectivity index (χ1n) is 6.74. The van der Waals surface area contributed by atoms with Crippen LogP contribution in [0.5, 0.6) is 0 Å². The zero-order valence-electron chi connectivity index (χ0n) is 11.8. The van der Waals surface area contributed by atoms with Crippen molar-refractivity contribution in [1.29, 1.82) is 0 Å². The van der Waals surface area contributed by atoms with Crippen LogP contribution in [0, 0.1) is 21.8 Å². The number of carbonyl (C=O) groups is 1. The molecule has 114 valence electrons. The third-order valence-electron chi connectivity index (χ3n) is 3.67. The number of hydrogen-bond acceptors (Lipinski definition) is 5. The van der Waals surface area contributed by atoms with E-state index in [2.05, 4.69) is 0 Å². The normalized spacial score (nSPS) is 19.2. The van der Waals surface area contributed by atoms with Gasteiger partial charge in [0.2, 0.25) is 0 Å². The van der Waals surface area contributed by atoms with Crippen molar-refractivity contribution >= 4 is 11.7 Å². The van der Waals surface area contributed by atoms with Gasteiger partial charge < -0.3 is 4.74 Å². The summed E-state index contributed by atoms with van der Waals surface area (Å²) in [6.07, 6.45) is 1.55. The molecule has 0 spiro atoms. The Kier molecular flexibility index (Phi) is 4.85. The number of nitrogens with zero attached hydrogens (tertiary/aromatic N) is 2. The molecule has 0 saturated carbocycles. The van der Waals surface area contributed by atoms with Crippen LogP contribution in [-0.2, 0) is 16.1 Å². The number of nitro groups is 1. The molecule has 1 aliphatic rings. The molecule has 1 unspecified atom stereocenters. The molecule has 1 fully saturated rings. The first kappa shape index (κ1) is 15.4. The number of likely N-dealkylation sites (tertiary alicyclic amines) is 1. The number of nitro benzene ring substituents is 1. The summed E-state index contributed by atoms with van der Waals surface area (Å²) < 4.78 is 18.0. The standard InChI is InChI=1S/C14H17FN2O4/c1-21-14(18)10-3-2-6-16(8-10)9-11-7-12(15)4-5-13(11)17(19)20/h4-5,7,10H,2-3,6,8-9H2,1H3. The van der Waals surface area contributed by atoms with Crippen LogP contribution in [0.25, 0.3) is 0 Å². The van der Waals surface area contributed by atoms with Crippen LogP contribution in [0.15, 0.2) is 18.2 Å². The third-order valence-corrected chi connectivity index (χ3v) is 3.67. The first-order valence-corrected chi connectivity index (χ1v) is 6.74. The largest absolute Gasteiger partial charge is 0.469 e. The topological polar surface area (TPSA) is 72.7 Å². The molecule has 0 aliphatic carbocycles. The zero-order valence-corrected chi connectivity index (χ0v) is 11.8. The van der Waals surface area contributed by atoms with Gasteiger partial charge in [-0.3, -0.25) is 19.8 Å². The van der Waals surface area contributed by atoms with Gasteiger partial charge in [-0.05, 0) is 31.5 Å². The van der Waals surface area contributed by atoms with E-state index in [9.17, 15) is 19.3 Å². The summed E-state index contributed by atoms with van der Waals surface area (Å²) in [5.74, 6) is -0.998. The maximum absolute atomic E-state index is 13.3. The van der Waals surface area contributed by atoms with E-state index >= 15 is 0 Å². The highest BCUT2D eigenvalue weighted by molar-refractivity contribution is 5.72. The minimum absolute atomic E-state index is 0.100. The van der Waals surface area contributed by atoms with Gasteiger partial charge in [-0.2, -0.15) is 0 Å². The fourth-order valence-corrected chi connectivity index (χ4v) is 2.66. The van der Waals surface area contributed by atoms with Crippen LogP contribution >= 0.6 is 0 Å². The van der Waals surface area contributed by atoms with Crippen LogP contribution in [0.2, 0.25) is 0 Å². The van der Waals surface area contributed by atoms with Gasteiger partial charge in [-0.25, -0.2) is 4.39 Å². The smallest absolute Gasteiger partial charge is 0.309 e. The Morgan fingerprint density at radius 3 is 3.00 bits per heavy atom. The number of esters is 1. The number of hydrogen-bond donors (Lipinski definition) is 0. The predicted molar refractivity (Wildman–Crippen MR) is 73.1 cm³/mol. The summed E-state index contributed by atoms with van der Waals surface area (Å²) in [6, 6.07) is 3.43. The lowest BCUT2D eigenvalue weighted by molar-refractivity contribution is -0.385. The van der Waals surface area contributed by atoms with Crippen LogP contribution < -0.4 is 0 Å². The van der Waals surface area contributed by atoms with E-state index in [0.717, 1.165) is 25.5 Å². The SMILES string of the molecule is COC(=O)C1CCCN(Cc2cc(F)ccc2[N+](=O)[O-])C1. The Morgan fingerprint density at radius 1 is 1.57 bits per heavy atom. The molecule has 1 aromatic carbocycles. The average molecular weight is 296 g/mol. The quantitative estimate of drug-likeness (QED) is 0.483. The van der Waals surface area contributed by atoms with E-state index in [-0.39, 0.29) is 24.1 Å². The Hall–Kier alpha value is -2.02. The Morgan fingerprint density at radius 2 is 2.33 bits per heavy atom. The van der Waals surface area contributed by atoms with Gasteiger partial charge in [-0.15, -0.1) is 0 Å². The summed E-state index contributed by atoms with van der Waals surface area (Å²) in [5, 5.41) is 11.0. The van der Waals surface area contributed by atoms with Crippen LogP contribution in [0.1, 0.15) is 18.4 Å². The van der Waals surface area contributed by atoms with Crippen LogP contribution in [-0.4, -0.2) is 36.0 Å². The molecule has 6 nitrogen and oxygen atoms in total. The van der Waals surface area contributed by atoms with Gasteiger partial charge in [0.15, 0.2) is 0 Å². The molecule has 0 N–H and O–H groups in total. The summed E-state index contributed by atoms with van der Waals surface area (Å²) in [5.41, 5.74) is 0.224. The number of halogens is 1. The maximum Gasteiger partial charge on any atom is 0.309 e. The molecule has 1 heterocycles. The predicted octanol–water partition coefficient (Wildman–Crippen LogP) is 2.12. The molecule has 0 aromatic heterocycles. The summed E-state index contributed by atoms with van der Waals surface area (Å²) >= 11 is 0. The number of piperidine rings is 1. The van der Waals surface area contributed by atoms with E-state index in [1.807, 2.05) is 4.90 Å². The van der Waals surface area contributed by atoms with Gasteiger partial charge >= 0.3 is 5.97 Å². The molecule has 1 saturated heterocycles. The highest BCUT2D eigenvalue weighted by atomic mass is 19.1. The fourth-order valence-electron chi connectivity index (χ4n) is 2.66. The number of rotatable bonds is 4. The van der Waals surface area contributed by atoms with E-state index in [4.69, 9.17) is 4.74 Å². The first-order chi connectivity index (χ1) is 10.0. The number of benzene rings is 1. The molecular weight excluding hydrogens is 279 g/mol. The molecule has 2 rings (SSSR count). The second-order valence-corrected chi connectivity index (χ2v) is 5.13. The van der Waals surface area contributed by atoms with Crippen molar-refractivity contribution < 1.29 is 18.8 Å². The third kappa shape index (κ3) is 3.75. The number of ether oxygens (including phenoxy) is 1. The van der Waals surface area contributed by atoms with Gasteiger partial charge in [0.05, 0.1) is 18.0 Å². The summed E-state index contributed by atoms with van der Waals surface area (Å²) in [6.45, 7) is 1.45. The minimum atomic E-state index is -0.517. The van der Waals surface area contributed by atoms with Gasteiger partial charge in [0, 0.05) is 24.7 Å². The molecule has 0 radical (unpaired) electrons. The van der Waals surface area contributed by atoms with E-state index in [1.165, 1.54) is 19.2 Å². The number of methoxy groups -OCH3 is 1. The molecule has 21 heavy (non-hydrogen) atoms. The van der Waals surface area contributed by atoms with Crippen LogP contribution in [0.4, 0.5) is 10.1 Å². The van der Waals surface area contributed by atoms with Crippen molar-refractivity contribution in [2.45, 2.75) is 19.4 Å². The highest BCUT2D eigenvalue weighted by Gasteiger charge is 2.27. The van der Waals surface area contributed by atoms with E-state index < -0.39 is 10.7 Å². The van der Waals surface area contributed by atoms with E-state index in [0.29, 0.717) is 12.1 Å².